The van der Waals surface area contributed by atoms with E-state index < -0.39 is 0 Å². The monoisotopic (exact) mass is 356 g/mol. The molecule has 142 valence electrons. The summed E-state index contributed by atoms with van der Waals surface area (Å²) in [7, 11) is 0. The van der Waals surface area contributed by atoms with Gasteiger partial charge in [-0.2, -0.15) is 0 Å². The lowest BCUT2D eigenvalue weighted by atomic mass is 9.99. The molecule has 0 fully saturated rings. The van der Waals surface area contributed by atoms with Crippen LogP contribution >= 0.6 is 0 Å². The lowest BCUT2D eigenvalue weighted by Crippen LogP contribution is -2.39. The van der Waals surface area contributed by atoms with E-state index in [9.17, 15) is 0 Å². The molecule has 2 rings (SSSR count). The van der Waals surface area contributed by atoms with E-state index >= 15 is 0 Å². The molecular weight excluding hydrogens is 324 g/mol. The third-order valence-electron chi connectivity index (χ3n) is 4.48. The van der Waals surface area contributed by atoms with Crippen molar-refractivity contribution in [3.8, 4) is 5.69 Å². The molecule has 0 bridgehead atoms. The Morgan fingerprint density at radius 3 is 2.65 bits per heavy atom. The maximum absolute atomic E-state index is 4.70. The molecule has 0 amide bonds. The number of aromatic nitrogens is 3. The Hall–Kier alpha value is -2.37. The highest BCUT2D eigenvalue weighted by Gasteiger charge is 2.09. The van der Waals surface area contributed by atoms with Crippen molar-refractivity contribution < 1.29 is 0 Å². The Kier molecular flexibility index (Phi) is 8.66. The number of unbranched alkanes of at least 4 members (excludes halogenated alkanes) is 1. The summed E-state index contributed by atoms with van der Waals surface area (Å²) in [6.45, 7) is 8.85. The highest BCUT2D eigenvalue weighted by atomic mass is 15.3. The van der Waals surface area contributed by atoms with Gasteiger partial charge in [0.05, 0.1) is 0 Å². The normalized spacial score (nSPS) is 12.8. The van der Waals surface area contributed by atoms with Crippen molar-refractivity contribution in [3.05, 3.63) is 42.5 Å². The zero-order valence-electron chi connectivity index (χ0n) is 16.3. The van der Waals surface area contributed by atoms with Gasteiger partial charge in [-0.1, -0.05) is 51.3 Å². The van der Waals surface area contributed by atoms with E-state index in [4.69, 9.17) is 4.99 Å². The van der Waals surface area contributed by atoms with Gasteiger partial charge in [-0.15, -0.1) is 10.2 Å². The molecule has 1 aromatic heterocycles. The predicted octanol–water partition coefficient (Wildman–Crippen LogP) is 3.54. The standard InChI is InChI=1S/C20H32N6/c1-4-7-11-17(5-2)14-22-20(21-6-3)23-15-19-25-24-16-26(19)18-12-9-8-10-13-18/h8-10,12-13,16-17H,4-7,11,14-15H2,1-3H3,(H2,21,22,23). The van der Waals surface area contributed by atoms with E-state index in [2.05, 4.69) is 41.6 Å². The molecule has 0 aliphatic carbocycles. The number of benzene rings is 1. The van der Waals surface area contributed by atoms with Crippen LogP contribution in [0.3, 0.4) is 0 Å². The molecule has 1 aromatic carbocycles. The van der Waals surface area contributed by atoms with Crippen LogP contribution < -0.4 is 10.6 Å². The highest BCUT2D eigenvalue weighted by molar-refractivity contribution is 5.79. The maximum atomic E-state index is 4.70. The average molecular weight is 357 g/mol. The molecule has 26 heavy (non-hydrogen) atoms. The van der Waals surface area contributed by atoms with E-state index in [0.717, 1.165) is 30.6 Å². The van der Waals surface area contributed by atoms with Gasteiger partial charge in [0, 0.05) is 18.8 Å². The van der Waals surface area contributed by atoms with E-state index in [1.807, 2.05) is 34.9 Å². The first kappa shape index (κ1) is 19.9. The number of rotatable bonds is 10. The number of nitrogens with zero attached hydrogens (tertiary/aromatic N) is 4. The molecule has 0 aliphatic heterocycles. The van der Waals surface area contributed by atoms with E-state index in [1.165, 1.54) is 25.7 Å². The number of aliphatic imine (C=N–C) groups is 1. The summed E-state index contributed by atoms with van der Waals surface area (Å²) in [4.78, 5) is 4.70. The van der Waals surface area contributed by atoms with Crippen LogP contribution in [0, 0.1) is 5.92 Å². The van der Waals surface area contributed by atoms with Crippen LogP contribution in [0.25, 0.3) is 5.69 Å². The van der Waals surface area contributed by atoms with Crippen molar-refractivity contribution in [1.82, 2.24) is 25.4 Å². The zero-order chi connectivity index (χ0) is 18.6. The molecule has 0 radical (unpaired) electrons. The fourth-order valence-corrected chi connectivity index (χ4v) is 2.85. The van der Waals surface area contributed by atoms with Gasteiger partial charge in [0.15, 0.2) is 11.8 Å². The molecule has 0 saturated carbocycles. The lowest BCUT2D eigenvalue weighted by molar-refractivity contribution is 0.443. The summed E-state index contributed by atoms with van der Waals surface area (Å²) in [5, 5.41) is 15.1. The summed E-state index contributed by atoms with van der Waals surface area (Å²) in [6, 6.07) is 10.1. The van der Waals surface area contributed by atoms with Crippen LogP contribution in [0.4, 0.5) is 0 Å². The van der Waals surface area contributed by atoms with Crippen LogP contribution in [0.5, 0.6) is 0 Å². The van der Waals surface area contributed by atoms with Gasteiger partial charge in [0.2, 0.25) is 0 Å². The Balaban J connectivity index is 2.00. The molecule has 1 atom stereocenters. The van der Waals surface area contributed by atoms with Crippen LogP contribution in [-0.2, 0) is 6.54 Å². The van der Waals surface area contributed by atoms with Crippen molar-refractivity contribution in [2.24, 2.45) is 10.9 Å². The third kappa shape index (κ3) is 6.17. The zero-order valence-corrected chi connectivity index (χ0v) is 16.3. The molecule has 2 N–H and O–H groups in total. The van der Waals surface area contributed by atoms with Gasteiger partial charge in [-0.25, -0.2) is 4.99 Å². The quantitative estimate of drug-likeness (QED) is 0.505. The van der Waals surface area contributed by atoms with Crippen molar-refractivity contribution in [1.29, 1.82) is 0 Å². The number of hydrogen-bond acceptors (Lipinski definition) is 3. The number of guanidine groups is 1. The van der Waals surface area contributed by atoms with Gasteiger partial charge >= 0.3 is 0 Å². The second kappa shape index (κ2) is 11.3. The lowest BCUT2D eigenvalue weighted by Gasteiger charge is -2.18. The third-order valence-corrected chi connectivity index (χ3v) is 4.48. The van der Waals surface area contributed by atoms with Gasteiger partial charge in [-0.05, 0) is 31.4 Å². The van der Waals surface area contributed by atoms with Crippen LogP contribution in [0.1, 0.15) is 52.3 Å². The molecule has 6 heteroatoms. The Morgan fingerprint density at radius 1 is 1.15 bits per heavy atom. The van der Waals surface area contributed by atoms with E-state index in [0.29, 0.717) is 12.5 Å². The summed E-state index contributed by atoms with van der Waals surface area (Å²) < 4.78 is 1.98. The van der Waals surface area contributed by atoms with Gasteiger partial charge in [-0.3, -0.25) is 4.57 Å². The summed E-state index contributed by atoms with van der Waals surface area (Å²) >= 11 is 0. The van der Waals surface area contributed by atoms with E-state index in [1.54, 1.807) is 6.33 Å². The molecule has 0 spiro atoms. The summed E-state index contributed by atoms with van der Waals surface area (Å²) in [5.41, 5.74) is 1.05. The first-order valence-electron chi connectivity index (χ1n) is 9.74. The minimum Gasteiger partial charge on any atom is -0.357 e. The smallest absolute Gasteiger partial charge is 0.191 e. The second-order valence-corrected chi connectivity index (χ2v) is 6.45. The Labute approximate surface area is 157 Å². The topological polar surface area (TPSA) is 67.1 Å². The molecule has 1 heterocycles. The predicted molar refractivity (Wildman–Crippen MR) is 107 cm³/mol. The maximum Gasteiger partial charge on any atom is 0.191 e. The van der Waals surface area contributed by atoms with Gasteiger partial charge in [0.25, 0.3) is 0 Å². The number of para-hydroxylation sites is 1. The minimum atomic E-state index is 0.482. The van der Waals surface area contributed by atoms with E-state index in [-0.39, 0.29) is 0 Å². The average Bonchev–Trinajstić information content (AvgIpc) is 3.15. The fraction of sp³-hybridized carbons (Fsp3) is 0.550. The fourth-order valence-electron chi connectivity index (χ4n) is 2.85. The molecule has 1 unspecified atom stereocenters. The molecule has 6 nitrogen and oxygen atoms in total. The number of nitrogens with one attached hydrogen (secondary N) is 2. The SMILES string of the molecule is CCCCC(CC)CNC(=NCc1nncn1-c1ccccc1)NCC. The molecule has 0 aliphatic rings. The number of hydrogen-bond donors (Lipinski definition) is 2. The van der Waals surface area contributed by atoms with Crippen molar-refractivity contribution >= 4 is 5.96 Å². The van der Waals surface area contributed by atoms with Crippen LogP contribution in [0.15, 0.2) is 41.7 Å². The summed E-state index contributed by atoms with van der Waals surface area (Å²) in [6.07, 6.45) is 6.72. The van der Waals surface area contributed by atoms with Crippen molar-refractivity contribution in [2.45, 2.75) is 53.0 Å². The Bertz CT molecular complexity index is 649. The minimum absolute atomic E-state index is 0.482. The molecular formula is C20H32N6. The second-order valence-electron chi connectivity index (χ2n) is 6.45. The summed E-state index contributed by atoms with van der Waals surface area (Å²) in [5.74, 6) is 2.35. The Morgan fingerprint density at radius 2 is 1.96 bits per heavy atom. The van der Waals surface area contributed by atoms with Gasteiger partial charge < -0.3 is 10.6 Å². The highest BCUT2D eigenvalue weighted by Crippen LogP contribution is 2.11. The first-order valence-corrected chi connectivity index (χ1v) is 9.74. The molecule has 0 saturated heterocycles. The first-order chi connectivity index (χ1) is 12.8. The largest absolute Gasteiger partial charge is 0.357 e. The van der Waals surface area contributed by atoms with Crippen LogP contribution in [0.2, 0.25) is 0 Å². The van der Waals surface area contributed by atoms with Crippen LogP contribution in [-0.4, -0.2) is 33.8 Å². The van der Waals surface area contributed by atoms with Crippen molar-refractivity contribution in [2.75, 3.05) is 13.1 Å². The van der Waals surface area contributed by atoms with Crippen molar-refractivity contribution in [3.63, 3.8) is 0 Å². The molecule has 2 aromatic rings. The van der Waals surface area contributed by atoms with Gasteiger partial charge in [0.1, 0.15) is 12.9 Å².